The molecule has 1 amide bonds. The molecule has 0 unspecified atom stereocenters. The lowest BCUT2D eigenvalue weighted by molar-refractivity contribution is 0.0729. The van der Waals surface area contributed by atoms with Crippen LogP contribution in [0.2, 0.25) is 0 Å². The maximum Gasteiger partial charge on any atom is 0.270 e. The van der Waals surface area contributed by atoms with E-state index in [9.17, 15) is 4.79 Å². The lowest BCUT2D eigenvalue weighted by atomic mass is 9.93. The first-order valence-corrected chi connectivity index (χ1v) is 6.57. The molecular weight excluding hydrogens is 226 g/mol. The van der Waals surface area contributed by atoms with Gasteiger partial charge in [-0.15, -0.1) is 0 Å². The molecule has 2 rings (SSSR count). The van der Waals surface area contributed by atoms with Gasteiger partial charge in [0.2, 0.25) is 0 Å². The van der Waals surface area contributed by atoms with Gasteiger partial charge in [0.25, 0.3) is 5.91 Å². The van der Waals surface area contributed by atoms with E-state index in [1.165, 1.54) is 12.8 Å². The Labute approximate surface area is 109 Å². The summed E-state index contributed by atoms with van der Waals surface area (Å²) in [5.41, 5.74) is 6.48. The van der Waals surface area contributed by atoms with E-state index in [1.54, 1.807) is 4.90 Å². The van der Waals surface area contributed by atoms with Gasteiger partial charge in [0.1, 0.15) is 5.69 Å². The third-order valence-electron chi connectivity index (χ3n) is 3.50. The zero-order valence-electron chi connectivity index (χ0n) is 11.5. The monoisotopic (exact) mass is 249 g/mol. The number of nitrogens with zero attached hydrogens (tertiary/aromatic N) is 2. The molecule has 0 atom stereocenters. The Morgan fingerprint density at radius 3 is 2.78 bits per heavy atom. The lowest BCUT2D eigenvalue weighted by Gasteiger charge is -2.29. The maximum atomic E-state index is 12.4. The van der Waals surface area contributed by atoms with Crippen LogP contribution in [-0.4, -0.2) is 35.5 Å². The Balaban J connectivity index is 2.08. The minimum absolute atomic E-state index is 0.0403. The SMILES string of the molecule is CN(CC(C)(C)CN)C(=O)c1cccn1C1CC1. The fraction of sp³-hybridized carbons (Fsp3) is 0.643. The van der Waals surface area contributed by atoms with E-state index in [-0.39, 0.29) is 11.3 Å². The first-order chi connectivity index (χ1) is 8.44. The number of carbonyl (C=O) groups is 1. The Bertz CT molecular complexity index is 432. The minimum Gasteiger partial charge on any atom is -0.340 e. The molecule has 0 aliphatic heterocycles. The van der Waals surface area contributed by atoms with Gasteiger partial charge in [-0.1, -0.05) is 13.8 Å². The molecule has 1 heterocycles. The van der Waals surface area contributed by atoms with Crippen LogP contribution in [0.4, 0.5) is 0 Å². The summed E-state index contributed by atoms with van der Waals surface area (Å²) in [6.07, 6.45) is 4.38. The van der Waals surface area contributed by atoms with E-state index in [1.807, 2.05) is 25.4 Å². The van der Waals surface area contributed by atoms with E-state index in [2.05, 4.69) is 18.4 Å². The van der Waals surface area contributed by atoms with Gasteiger partial charge in [0, 0.05) is 25.8 Å². The molecule has 4 nitrogen and oxygen atoms in total. The summed E-state index contributed by atoms with van der Waals surface area (Å²) < 4.78 is 2.11. The number of nitrogens with two attached hydrogens (primary N) is 1. The molecule has 1 aromatic rings. The molecule has 0 bridgehead atoms. The molecule has 0 saturated heterocycles. The second-order valence-corrected chi connectivity index (χ2v) is 6.06. The van der Waals surface area contributed by atoms with Crippen LogP contribution in [0.25, 0.3) is 0 Å². The predicted molar refractivity (Wildman–Crippen MR) is 72.5 cm³/mol. The summed E-state index contributed by atoms with van der Waals surface area (Å²) in [5.74, 6) is 0.0911. The number of rotatable bonds is 5. The summed E-state index contributed by atoms with van der Waals surface area (Å²) in [5, 5.41) is 0. The van der Waals surface area contributed by atoms with Crippen molar-refractivity contribution in [3.05, 3.63) is 24.0 Å². The van der Waals surface area contributed by atoms with Gasteiger partial charge in [-0.05, 0) is 36.9 Å². The van der Waals surface area contributed by atoms with E-state index in [0.717, 1.165) is 5.69 Å². The zero-order valence-corrected chi connectivity index (χ0v) is 11.5. The number of aromatic nitrogens is 1. The number of carbonyl (C=O) groups excluding carboxylic acids is 1. The van der Waals surface area contributed by atoms with Crippen molar-refractivity contribution in [2.45, 2.75) is 32.7 Å². The van der Waals surface area contributed by atoms with Gasteiger partial charge in [-0.25, -0.2) is 0 Å². The summed E-state index contributed by atoms with van der Waals surface area (Å²) in [4.78, 5) is 14.2. The lowest BCUT2D eigenvalue weighted by Crippen LogP contribution is -2.40. The molecular formula is C14H23N3O. The van der Waals surface area contributed by atoms with Crippen LogP contribution < -0.4 is 5.73 Å². The smallest absolute Gasteiger partial charge is 0.270 e. The Morgan fingerprint density at radius 1 is 1.56 bits per heavy atom. The van der Waals surface area contributed by atoms with Crippen LogP contribution in [0.1, 0.15) is 43.2 Å². The third-order valence-corrected chi connectivity index (χ3v) is 3.50. The first kappa shape index (κ1) is 13.1. The van der Waals surface area contributed by atoms with E-state index in [4.69, 9.17) is 5.73 Å². The van der Waals surface area contributed by atoms with Gasteiger partial charge in [0.05, 0.1) is 0 Å². The van der Waals surface area contributed by atoms with Crippen LogP contribution in [0, 0.1) is 5.41 Å². The van der Waals surface area contributed by atoms with Crippen molar-refractivity contribution < 1.29 is 4.79 Å². The van der Waals surface area contributed by atoms with Crippen molar-refractivity contribution in [2.24, 2.45) is 11.1 Å². The molecule has 1 fully saturated rings. The molecule has 18 heavy (non-hydrogen) atoms. The Morgan fingerprint density at radius 2 is 2.22 bits per heavy atom. The fourth-order valence-electron chi connectivity index (χ4n) is 2.22. The number of hydrogen-bond donors (Lipinski definition) is 1. The molecule has 0 spiro atoms. The normalized spacial score (nSPS) is 15.8. The number of amides is 1. The molecule has 4 heteroatoms. The molecule has 1 aromatic heterocycles. The highest BCUT2D eigenvalue weighted by Gasteiger charge is 2.29. The summed E-state index contributed by atoms with van der Waals surface area (Å²) in [7, 11) is 1.85. The summed E-state index contributed by atoms with van der Waals surface area (Å²) >= 11 is 0. The standard InChI is InChI=1S/C14H23N3O/c1-14(2,9-15)10-16(3)13(18)12-5-4-8-17(12)11-6-7-11/h4-5,8,11H,6-7,9-10,15H2,1-3H3. The maximum absolute atomic E-state index is 12.4. The highest BCUT2D eigenvalue weighted by Crippen LogP contribution is 2.36. The molecule has 0 radical (unpaired) electrons. The number of hydrogen-bond acceptors (Lipinski definition) is 2. The molecule has 1 saturated carbocycles. The summed E-state index contributed by atoms with van der Waals surface area (Å²) in [6.45, 7) is 5.42. The third kappa shape index (κ3) is 2.75. The van der Waals surface area contributed by atoms with Crippen molar-refractivity contribution in [2.75, 3.05) is 20.1 Å². The van der Waals surface area contributed by atoms with Crippen molar-refractivity contribution in [3.63, 3.8) is 0 Å². The predicted octanol–water partition coefficient (Wildman–Crippen LogP) is 1.88. The van der Waals surface area contributed by atoms with Crippen LogP contribution in [0.3, 0.4) is 0 Å². The molecule has 1 aliphatic rings. The van der Waals surface area contributed by atoms with E-state index < -0.39 is 0 Å². The second kappa shape index (κ2) is 4.76. The Kier molecular flexibility index (Phi) is 3.48. The highest BCUT2D eigenvalue weighted by molar-refractivity contribution is 5.92. The van der Waals surface area contributed by atoms with Crippen LogP contribution in [0.5, 0.6) is 0 Å². The van der Waals surface area contributed by atoms with Gasteiger partial charge < -0.3 is 15.2 Å². The van der Waals surface area contributed by atoms with Gasteiger partial charge in [0.15, 0.2) is 0 Å². The molecule has 2 N–H and O–H groups in total. The topological polar surface area (TPSA) is 51.3 Å². The van der Waals surface area contributed by atoms with Crippen LogP contribution >= 0.6 is 0 Å². The van der Waals surface area contributed by atoms with Gasteiger partial charge in [-0.3, -0.25) is 4.79 Å². The first-order valence-electron chi connectivity index (χ1n) is 6.57. The molecule has 100 valence electrons. The molecule has 1 aliphatic carbocycles. The quantitative estimate of drug-likeness (QED) is 0.866. The largest absolute Gasteiger partial charge is 0.340 e. The van der Waals surface area contributed by atoms with Crippen molar-refractivity contribution >= 4 is 5.91 Å². The zero-order chi connectivity index (χ0) is 13.3. The average molecular weight is 249 g/mol. The fourth-order valence-corrected chi connectivity index (χ4v) is 2.22. The Hall–Kier alpha value is -1.29. The van der Waals surface area contributed by atoms with Crippen molar-refractivity contribution in [1.29, 1.82) is 0 Å². The van der Waals surface area contributed by atoms with Crippen molar-refractivity contribution in [1.82, 2.24) is 9.47 Å². The van der Waals surface area contributed by atoms with Gasteiger partial charge in [-0.2, -0.15) is 0 Å². The van der Waals surface area contributed by atoms with Crippen LogP contribution in [-0.2, 0) is 0 Å². The van der Waals surface area contributed by atoms with E-state index >= 15 is 0 Å². The van der Waals surface area contributed by atoms with Crippen LogP contribution in [0.15, 0.2) is 18.3 Å². The molecule has 0 aromatic carbocycles. The minimum atomic E-state index is -0.0403. The summed E-state index contributed by atoms with van der Waals surface area (Å²) in [6, 6.07) is 4.40. The van der Waals surface area contributed by atoms with E-state index in [0.29, 0.717) is 19.1 Å². The average Bonchev–Trinajstić information content (AvgIpc) is 3.05. The second-order valence-electron chi connectivity index (χ2n) is 6.06. The van der Waals surface area contributed by atoms with Gasteiger partial charge >= 0.3 is 0 Å². The van der Waals surface area contributed by atoms with Crippen molar-refractivity contribution in [3.8, 4) is 0 Å². The highest BCUT2D eigenvalue weighted by atomic mass is 16.2.